The zero-order chi connectivity index (χ0) is 20.4. The lowest BCUT2D eigenvalue weighted by Crippen LogP contribution is -2.48. The number of nitrogens with one attached hydrogen (secondary N) is 1. The molecule has 0 aromatic heterocycles. The number of benzene rings is 1. The highest BCUT2D eigenvalue weighted by Crippen LogP contribution is 2.28. The van der Waals surface area contributed by atoms with Gasteiger partial charge in [0.15, 0.2) is 17.5 Å². The molecule has 8 heteroatoms. The summed E-state index contributed by atoms with van der Waals surface area (Å²) in [5.74, 6) is 2.06. The van der Waals surface area contributed by atoms with Crippen LogP contribution < -0.4 is 14.8 Å². The van der Waals surface area contributed by atoms with E-state index in [4.69, 9.17) is 19.2 Å². The summed E-state index contributed by atoms with van der Waals surface area (Å²) in [4.78, 5) is 19.1. The van der Waals surface area contributed by atoms with E-state index in [-0.39, 0.29) is 35.9 Å². The van der Waals surface area contributed by atoms with Gasteiger partial charge in [0.25, 0.3) is 0 Å². The average Bonchev–Trinajstić information content (AvgIpc) is 2.72. The molecule has 0 aliphatic carbocycles. The SMILES string of the molecule is CCNC(=NCc1ccc(OCC)c(OC)c1)N1CCCC(C(=O)OCC)C1.I. The number of hydrogen-bond donors (Lipinski definition) is 1. The first-order chi connectivity index (χ1) is 13.6. The molecule has 1 aromatic carbocycles. The lowest BCUT2D eigenvalue weighted by molar-refractivity contribution is -0.149. The van der Waals surface area contributed by atoms with Crippen LogP contribution in [0.4, 0.5) is 0 Å². The molecule has 1 unspecified atom stereocenters. The highest BCUT2D eigenvalue weighted by Gasteiger charge is 2.28. The fourth-order valence-corrected chi connectivity index (χ4v) is 3.30. The number of aliphatic imine (C=N–C) groups is 1. The number of guanidine groups is 1. The van der Waals surface area contributed by atoms with Crippen molar-refractivity contribution in [2.75, 3.05) is 40.0 Å². The number of rotatable bonds is 8. The topological polar surface area (TPSA) is 72.4 Å². The van der Waals surface area contributed by atoms with E-state index < -0.39 is 0 Å². The molecule has 1 aliphatic rings. The quantitative estimate of drug-likeness (QED) is 0.246. The first-order valence-corrected chi connectivity index (χ1v) is 10.1. The van der Waals surface area contributed by atoms with Gasteiger partial charge in [-0.2, -0.15) is 0 Å². The second-order valence-corrected chi connectivity index (χ2v) is 6.63. The molecule has 7 nitrogen and oxygen atoms in total. The van der Waals surface area contributed by atoms with E-state index in [1.165, 1.54) is 0 Å². The first kappa shape index (κ1) is 25.3. The highest BCUT2D eigenvalue weighted by molar-refractivity contribution is 14.0. The van der Waals surface area contributed by atoms with Crippen molar-refractivity contribution in [2.45, 2.75) is 40.2 Å². The number of ether oxygens (including phenoxy) is 3. The molecule has 1 saturated heterocycles. The maximum atomic E-state index is 12.1. The van der Waals surface area contributed by atoms with Crippen LogP contribution in [0.2, 0.25) is 0 Å². The van der Waals surface area contributed by atoms with Gasteiger partial charge in [-0.05, 0) is 51.3 Å². The number of nitrogens with zero attached hydrogens (tertiary/aromatic N) is 2. The summed E-state index contributed by atoms with van der Waals surface area (Å²) in [7, 11) is 1.64. The van der Waals surface area contributed by atoms with Gasteiger partial charge in [0.1, 0.15) is 0 Å². The molecule has 0 saturated carbocycles. The minimum Gasteiger partial charge on any atom is -0.493 e. The van der Waals surface area contributed by atoms with Crippen molar-refractivity contribution in [1.29, 1.82) is 0 Å². The Morgan fingerprint density at radius 3 is 2.69 bits per heavy atom. The van der Waals surface area contributed by atoms with E-state index in [1.54, 1.807) is 7.11 Å². The maximum Gasteiger partial charge on any atom is 0.310 e. The minimum absolute atomic E-state index is 0. The van der Waals surface area contributed by atoms with Crippen LogP contribution in [0.15, 0.2) is 23.2 Å². The van der Waals surface area contributed by atoms with Gasteiger partial charge in [-0.1, -0.05) is 6.07 Å². The number of carbonyl (C=O) groups excluding carboxylic acids is 1. The first-order valence-electron chi connectivity index (χ1n) is 10.1. The van der Waals surface area contributed by atoms with Crippen LogP contribution in [-0.4, -0.2) is 56.8 Å². The van der Waals surface area contributed by atoms with Gasteiger partial charge in [-0.3, -0.25) is 4.79 Å². The van der Waals surface area contributed by atoms with Crippen molar-refractivity contribution in [3.8, 4) is 11.5 Å². The van der Waals surface area contributed by atoms with Gasteiger partial charge in [0.05, 0.1) is 32.8 Å². The van der Waals surface area contributed by atoms with E-state index in [9.17, 15) is 4.79 Å². The number of esters is 1. The molecule has 0 bridgehead atoms. The molecule has 1 aromatic rings. The van der Waals surface area contributed by atoms with Crippen LogP contribution >= 0.6 is 24.0 Å². The standard InChI is InChI=1S/C21H33N3O4.HI/c1-5-22-21(24-12-8-9-17(15-24)20(25)28-7-3)23-14-16-10-11-18(27-6-2)19(13-16)26-4;/h10-11,13,17H,5-9,12,14-15H2,1-4H3,(H,22,23);1H. The lowest BCUT2D eigenvalue weighted by Gasteiger charge is -2.34. The second-order valence-electron chi connectivity index (χ2n) is 6.63. The van der Waals surface area contributed by atoms with Gasteiger partial charge in [-0.15, -0.1) is 24.0 Å². The van der Waals surface area contributed by atoms with E-state index in [0.29, 0.717) is 32.1 Å². The molecular weight excluding hydrogens is 485 g/mol. The van der Waals surface area contributed by atoms with Crippen LogP contribution in [0.5, 0.6) is 11.5 Å². The molecule has 1 aliphatic heterocycles. The molecule has 1 atom stereocenters. The summed E-state index contributed by atoms with van der Waals surface area (Å²) in [6, 6.07) is 5.87. The predicted molar refractivity (Wildman–Crippen MR) is 125 cm³/mol. The van der Waals surface area contributed by atoms with Crippen molar-refractivity contribution in [2.24, 2.45) is 10.9 Å². The molecule has 29 heavy (non-hydrogen) atoms. The molecule has 1 N–H and O–H groups in total. The number of halogens is 1. The van der Waals surface area contributed by atoms with Crippen LogP contribution in [0.25, 0.3) is 0 Å². The molecule has 0 spiro atoms. The highest BCUT2D eigenvalue weighted by atomic mass is 127. The van der Waals surface area contributed by atoms with Gasteiger partial charge >= 0.3 is 5.97 Å². The van der Waals surface area contributed by atoms with Crippen LogP contribution in [0.1, 0.15) is 39.2 Å². The zero-order valence-corrected chi connectivity index (χ0v) is 20.2. The summed E-state index contributed by atoms with van der Waals surface area (Å²) in [6.45, 7) is 9.65. The summed E-state index contributed by atoms with van der Waals surface area (Å²) >= 11 is 0. The third kappa shape index (κ3) is 7.56. The number of likely N-dealkylation sites (tertiary alicyclic amines) is 1. The van der Waals surface area contributed by atoms with E-state index in [2.05, 4.69) is 10.2 Å². The summed E-state index contributed by atoms with van der Waals surface area (Å²) in [5, 5.41) is 3.34. The van der Waals surface area contributed by atoms with Crippen LogP contribution in [-0.2, 0) is 16.1 Å². The summed E-state index contributed by atoms with van der Waals surface area (Å²) in [5.41, 5.74) is 1.04. The van der Waals surface area contributed by atoms with Crippen molar-refractivity contribution in [3.05, 3.63) is 23.8 Å². The molecule has 2 rings (SSSR count). The fraction of sp³-hybridized carbons (Fsp3) is 0.619. The third-order valence-electron chi connectivity index (χ3n) is 4.62. The number of carbonyl (C=O) groups is 1. The van der Waals surface area contributed by atoms with E-state index >= 15 is 0 Å². The Kier molecular flexibility index (Phi) is 11.8. The van der Waals surface area contributed by atoms with Gasteiger partial charge < -0.3 is 24.4 Å². The Morgan fingerprint density at radius 1 is 1.24 bits per heavy atom. The lowest BCUT2D eigenvalue weighted by atomic mass is 9.98. The molecular formula is C21H34IN3O4. The smallest absolute Gasteiger partial charge is 0.310 e. The number of methoxy groups -OCH3 is 1. The maximum absolute atomic E-state index is 12.1. The molecule has 1 fully saturated rings. The summed E-state index contributed by atoms with van der Waals surface area (Å²) < 4.78 is 16.2. The van der Waals surface area contributed by atoms with E-state index in [1.807, 2.05) is 39.0 Å². The van der Waals surface area contributed by atoms with Crippen molar-refractivity contribution < 1.29 is 19.0 Å². The van der Waals surface area contributed by atoms with Gasteiger partial charge in [0.2, 0.25) is 0 Å². The van der Waals surface area contributed by atoms with Crippen molar-refractivity contribution >= 4 is 35.9 Å². The van der Waals surface area contributed by atoms with Gasteiger partial charge in [0, 0.05) is 19.6 Å². The monoisotopic (exact) mass is 519 g/mol. The predicted octanol–water partition coefficient (Wildman–Crippen LogP) is 3.45. The number of hydrogen-bond acceptors (Lipinski definition) is 5. The fourth-order valence-electron chi connectivity index (χ4n) is 3.30. The average molecular weight is 519 g/mol. The van der Waals surface area contributed by atoms with Crippen molar-refractivity contribution in [1.82, 2.24) is 10.2 Å². The molecule has 164 valence electrons. The third-order valence-corrected chi connectivity index (χ3v) is 4.62. The Hall–Kier alpha value is -1.71. The summed E-state index contributed by atoms with van der Waals surface area (Å²) in [6.07, 6.45) is 1.82. The van der Waals surface area contributed by atoms with Gasteiger partial charge in [-0.25, -0.2) is 4.99 Å². The van der Waals surface area contributed by atoms with E-state index in [0.717, 1.165) is 43.2 Å². The Balaban J connectivity index is 0.00000420. The Bertz CT molecular complexity index is 669. The zero-order valence-electron chi connectivity index (χ0n) is 17.9. The Labute approximate surface area is 191 Å². The molecule has 0 radical (unpaired) electrons. The molecule has 0 amide bonds. The molecule has 1 heterocycles. The van der Waals surface area contributed by atoms with Crippen LogP contribution in [0.3, 0.4) is 0 Å². The normalized spacial score (nSPS) is 16.6. The van der Waals surface area contributed by atoms with Crippen molar-refractivity contribution in [3.63, 3.8) is 0 Å². The largest absolute Gasteiger partial charge is 0.493 e. The number of piperidine rings is 1. The Morgan fingerprint density at radius 2 is 2.03 bits per heavy atom. The van der Waals surface area contributed by atoms with Crippen LogP contribution in [0, 0.1) is 5.92 Å². The second kappa shape index (κ2) is 13.5. The minimum atomic E-state index is -0.112.